The van der Waals surface area contributed by atoms with Crippen molar-refractivity contribution in [2.75, 3.05) is 6.61 Å². The average molecular weight is 363 g/mol. The van der Waals surface area contributed by atoms with E-state index in [4.69, 9.17) is 9.15 Å². The Labute approximate surface area is 154 Å². The van der Waals surface area contributed by atoms with Crippen molar-refractivity contribution < 1.29 is 18.7 Å². The zero-order valence-electron chi connectivity index (χ0n) is 14.6. The minimum atomic E-state index is -0.654. The topological polar surface area (TPSA) is 97.2 Å². The number of aromatic amines is 1. The fraction of sp³-hybridized carbons (Fsp3) is 0.150. The molecule has 136 valence electrons. The summed E-state index contributed by atoms with van der Waals surface area (Å²) in [5.41, 5.74) is 1.64. The molecule has 0 spiro atoms. The molecule has 2 aromatic carbocycles. The van der Waals surface area contributed by atoms with Gasteiger partial charge in [-0.25, -0.2) is 4.79 Å². The molecule has 27 heavy (non-hydrogen) atoms. The van der Waals surface area contributed by atoms with E-state index in [1.165, 1.54) is 0 Å². The van der Waals surface area contributed by atoms with E-state index >= 15 is 0 Å². The van der Waals surface area contributed by atoms with Gasteiger partial charge < -0.3 is 14.5 Å². The van der Waals surface area contributed by atoms with Crippen LogP contribution in [0.3, 0.4) is 0 Å². The van der Waals surface area contributed by atoms with Gasteiger partial charge in [0.15, 0.2) is 12.3 Å². The molecule has 0 unspecified atom stereocenters. The van der Waals surface area contributed by atoms with E-state index in [2.05, 4.69) is 15.5 Å². The molecule has 7 nitrogen and oxygen atoms in total. The number of benzene rings is 2. The van der Waals surface area contributed by atoms with Crippen molar-refractivity contribution in [1.82, 2.24) is 15.5 Å². The van der Waals surface area contributed by atoms with Gasteiger partial charge in [0.2, 0.25) is 0 Å². The fourth-order valence-electron chi connectivity index (χ4n) is 2.89. The molecule has 0 aliphatic carbocycles. The van der Waals surface area contributed by atoms with Crippen LogP contribution in [0, 0.1) is 0 Å². The molecule has 0 aliphatic rings. The molecule has 1 amide bonds. The highest BCUT2D eigenvalue weighted by molar-refractivity contribution is 6.02. The van der Waals surface area contributed by atoms with Gasteiger partial charge in [0.1, 0.15) is 11.3 Å². The first kappa shape index (κ1) is 16.8. The zero-order valence-corrected chi connectivity index (χ0v) is 14.6. The number of esters is 1. The summed E-state index contributed by atoms with van der Waals surface area (Å²) in [6.07, 6.45) is 0. The summed E-state index contributed by atoms with van der Waals surface area (Å²) < 4.78 is 10.8. The second-order valence-corrected chi connectivity index (χ2v) is 6.17. The highest BCUT2D eigenvalue weighted by Gasteiger charge is 2.18. The Morgan fingerprint density at radius 3 is 2.81 bits per heavy atom. The number of para-hydroxylation sites is 2. The van der Waals surface area contributed by atoms with Crippen molar-refractivity contribution in [1.29, 1.82) is 0 Å². The molecule has 2 N–H and O–H groups in total. The van der Waals surface area contributed by atoms with Crippen molar-refractivity contribution in [3.63, 3.8) is 0 Å². The van der Waals surface area contributed by atoms with Gasteiger partial charge in [-0.3, -0.25) is 9.89 Å². The summed E-state index contributed by atoms with van der Waals surface area (Å²) in [7, 11) is 0. The predicted molar refractivity (Wildman–Crippen MR) is 99.1 cm³/mol. The second-order valence-electron chi connectivity index (χ2n) is 6.17. The largest absolute Gasteiger partial charge is 0.459 e. The number of nitrogens with one attached hydrogen (secondary N) is 2. The summed E-state index contributed by atoms with van der Waals surface area (Å²) in [6, 6.07) is 16.3. The van der Waals surface area contributed by atoms with Gasteiger partial charge in [-0.05, 0) is 25.1 Å². The van der Waals surface area contributed by atoms with Crippen molar-refractivity contribution >= 4 is 33.7 Å². The quantitative estimate of drug-likeness (QED) is 0.530. The summed E-state index contributed by atoms with van der Waals surface area (Å²) in [4.78, 5) is 24.3. The van der Waals surface area contributed by atoms with Crippen LogP contribution >= 0.6 is 0 Å². The molecular formula is C20H17N3O4. The molecule has 7 heteroatoms. The lowest BCUT2D eigenvalue weighted by Gasteiger charge is -2.11. The van der Waals surface area contributed by atoms with E-state index in [0.29, 0.717) is 11.1 Å². The molecule has 4 aromatic rings. The highest BCUT2D eigenvalue weighted by atomic mass is 16.5. The molecule has 0 bridgehead atoms. The van der Waals surface area contributed by atoms with Crippen molar-refractivity contribution in [2.45, 2.75) is 13.0 Å². The Balaban J connectivity index is 1.37. The number of hydrogen-bond acceptors (Lipinski definition) is 5. The number of carbonyl (C=O) groups is 2. The Morgan fingerprint density at radius 2 is 1.96 bits per heavy atom. The van der Waals surface area contributed by atoms with E-state index in [1.807, 2.05) is 36.4 Å². The Hall–Kier alpha value is -3.61. The van der Waals surface area contributed by atoms with Gasteiger partial charge in [-0.2, -0.15) is 5.10 Å². The van der Waals surface area contributed by atoms with Crippen LogP contribution in [0.2, 0.25) is 0 Å². The summed E-state index contributed by atoms with van der Waals surface area (Å²) in [5, 5.41) is 11.1. The predicted octanol–water partition coefficient (Wildman–Crippen LogP) is 3.34. The van der Waals surface area contributed by atoms with E-state index in [0.717, 1.165) is 16.5 Å². The van der Waals surface area contributed by atoms with Crippen LogP contribution in [0.1, 0.15) is 29.2 Å². The van der Waals surface area contributed by atoms with Crippen LogP contribution < -0.4 is 5.32 Å². The first-order valence-electron chi connectivity index (χ1n) is 8.50. The second kappa shape index (κ2) is 6.95. The Bertz CT molecular complexity index is 1100. The van der Waals surface area contributed by atoms with E-state index in [-0.39, 0.29) is 11.7 Å². The van der Waals surface area contributed by atoms with Gasteiger partial charge in [0, 0.05) is 10.8 Å². The summed E-state index contributed by atoms with van der Waals surface area (Å²) >= 11 is 0. The number of amides is 1. The molecule has 0 fully saturated rings. The van der Waals surface area contributed by atoms with Gasteiger partial charge in [0.25, 0.3) is 5.91 Å². The van der Waals surface area contributed by atoms with Gasteiger partial charge in [0.05, 0.1) is 11.6 Å². The Kier molecular flexibility index (Phi) is 4.33. The average Bonchev–Trinajstić information content (AvgIpc) is 3.30. The number of rotatable bonds is 5. The number of H-pyrrole nitrogens is 1. The monoisotopic (exact) mass is 363 g/mol. The maximum atomic E-state index is 12.2. The molecular weight excluding hydrogens is 346 g/mol. The number of furan rings is 1. The lowest BCUT2D eigenvalue weighted by atomic mass is 10.2. The number of fused-ring (bicyclic) bond motifs is 2. The van der Waals surface area contributed by atoms with Crippen molar-refractivity contribution in [3.05, 3.63) is 66.1 Å². The lowest BCUT2D eigenvalue weighted by molar-refractivity contribution is -0.125. The molecule has 0 aliphatic heterocycles. The first-order chi connectivity index (χ1) is 13.1. The van der Waals surface area contributed by atoms with Crippen LogP contribution in [0.25, 0.3) is 21.9 Å². The van der Waals surface area contributed by atoms with Crippen LogP contribution in [0.5, 0.6) is 0 Å². The van der Waals surface area contributed by atoms with Gasteiger partial charge >= 0.3 is 5.97 Å². The number of ether oxygens (including phenoxy) is 1. The lowest BCUT2D eigenvalue weighted by Crippen LogP contribution is -2.31. The van der Waals surface area contributed by atoms with Crippen LogP contribution in [-0.4, -0.2) is 28.7 Å². The third kappa shape index (κ3) is 3.39. The number of carbonyl (C=O) groups excluding carboxylic acids is 2. The van der Waals surface area contributed by atoms with Crippen LogP contribution in [0.15, 0.2) is 59.0 Å². The normalized spacial score (nSPS) is 12.2. The minimum Gasteiger partial charge on any atom is -0.459 e. The third-order valence-corrected chi connectivity index (χ3v) is 4.25. The standard InChI is InChI=1S/C20H17N3O4/c1-12(17-10-13-6-2-5-9-16(13)27-17)21-18(24)11-26-20(25)19-14-7-3-4-8-15(14)22-23-19/h2-10,12H,11H2,1H3,(H,21,24)(H,22,23)/t12-/m1/s1. The number of nitrogens with zero attached hydrogens (tertiary/aromatic N) is 1. The van der Waals surface area contributed by atoms with Crippen molar-refractivity contribution in [2.24, 2.45) is 0 Å². The molecule has 4 rings (SSSR count). The first-order valence-corrected chi connectivity index (χ1v) is 8.50. The number of hydrogen-bond donors (Lipinski definition) is 2. The van der Waals surface area contributed by atoms with Crippen LogP contribution in [0.4, 0.5) is 0 Å². The third-order valence-electron chi connectivity index (χ3n) is 4.25. The molecule has 0 radical (unpaired) electrons. The molecule has 2 aromatic heterocycles. The van der Waals surface area contributed by atoms with Gasteiger partial charge in [-0.1, -0.05) is 36.4 Å². The maximum Gasteiger partial charge on any atom is 0.359 e. The fourth-order valence-corrected chi connectivity index (χ4v) is 2.89. The molecule has 1 atom stereocenters. The highest BCUT2D eigenvalue weighted by Crippen LogP contribution is 2.23. The number of aromatic nitrogens is 2. The van der Waals surface area contributed by atoms with E-state index in [9.17, 15) is 9.59 Å². The summed E-state index contributed by atoms with van der Waals surface area (Å²) in [5.74, 6) is -0.440. The maximum absolute atomic E-state index is 12.2. The minimum absolute atomic E-state index is 0.156. The Morgan fingerprint density at radius 1 is 1.19 bits per heavy atom. The smallest absolute Gasteiger partial charge is 0.359 e. The van der Waals surface area contributed by atoms with Crippen molar-refractivity contribution in [3.8, 4) is 0 Å². The molecule has 0 saturated heterocycles. The SMILES string of the molecule is C[C@@H](NC(=O)COC(=O)c1n[nH]c2ccccc12)c1cc2ccccc2o1. The van der Waals surface area contributed by atoms with Crippen LogP contribution in [-0.2, 0) is 9.53 Å². The zero-order chi connectivity index (χ0) is 18.8. The van der Waals surface area contributed by atoms with E-state index in [1.54, 1.807) is 25.1 Å². The van der Waals surface area contributed by atoms with E-state index < -0.39 is 18.5 Å². The summed E-state index contributed by atoms with van der Waals surface area (Å²) in [6.45, 7) is 1.41. The molecule has 0 saturated carbocycles. The van der Waals surface area contributed by atoms with Gasteiger partial charge in [-0.15, -0.1) is 0 Å². The molecule has 2 heterocycles.